The first kappa shape index (κ1) is 15.3. The molecule has 112 valence electrons. The monoisotopic (exact) mass is 276 g/mol. The van der Waals surface area contributed by atoms with Crippen LogP contribution in [0.2, 0.25) is 0 Å². The molecule has 0 spiro atoms. The quantitative estimate of drug-likeness (QED) is 0.838. The van der Waals surface area contributed by atoms with Gasteiger partial charge in [0.2, 0.25) is 0 Å². The number of phenols is 1. The van der Waals surface area contributed by atoms with Crippen LogP contribution in [0.3, 0.4) is 0 Å². The largest absolute Gasteiger partial charge is 0.508 e. The second-order valence-electron chi connectivity index (χ2n) is 6.19. The Balaban J connectivity index is 2.19. The average Bonchev–Trinajstić information content (AvgIpc) is 2.91. The molecular weight excluding hydrogens is 248 g/mol. The molecule has 0 aliphatic heterocycles. The summed E-state index contributed by atoms with van der Waals surface area (Å²) in [4.78, 5) is 2.42. The van der Waals surface area contributed by atoms with E-state index in [1.165, 1.54) is 31.2 Å². The van der Waals surface area contributed by atoms with Crippen LogP contribution in [0.1, 0.15) is 38.2 Å². The standard InChI is InChI=1S/C17H28N2O/c1-4-18-16(13-14-7-9-15(20)10-8-14)17(19(2)3)11-5-6-12-17/h7-10,16,18,20H,4-6,11-13H2,1-3H3. The molecule has 1 aromatic rings. The third kappa shape index (κ3) is 3.15. The molecule has 20 heavy (non-hydrogen) atoms. The third-order valence-electron chi connectivity index (χ3n) is 4.84. The van der Waals surface area contributed by atoms with Gasteiger partial charge < -0.3 is 15.3 Å². The number of benzene rings is 1. The van der Waals surface area contributed by atoms with Gasteiger partial charge in [-0.1, -0.05) is 31.9 Å². The third-order valence-corrected chi connectivity index (χ3v) is 4.84. The summed E-state index contributed by atoms with van der Waals surface area (Å²) in [6.07, 6.45) is 6.23. The van der Waals surface area contributed by atoms with E-state index in [9.17, 15) is 5.11 Å². The zero-order valence-electron chi connectivity index (χ0n) is 13.0. The molecule has 1 atom stereocenters. The molecule has 3 heteroatoms. The lowest BCUT2D eigenvalue weighted by Crippen LogP contribution is -2.58. The van der Waals surface area contributed by atoms with Crippen LogP contribution in [0.5, 0.6) is 5.75 Å². The SMILES string of the molecule is CCNC(Cc1ccc(O)cc1)C1(N(C)C)CCCC1. The minimum atomic E-state index is 0.272. The van der Waals surface area contributed by atoms with Crippen molar-refractivity contribution in [1.82, 2.24) is 10.2 Å². The van der Waals surface area contributed by atoms with E-state index in [4.69, 9.17) is 0 Å². The van der Waals surface area contributed by atoms with Crippen LogP contribution in [0.15, 0.2) is 24.3 Å². The molecule has 0 heterocycles. The lowest BCUT2D eigenvalue weighted by atomic mass is 9.83. The van der Waals surface area contributed by atoms with Crippen LogP contribution in [0, 0.1) is 0 Å². The number of likely N-dealkylation sites (N-methyl/N-ethyl adjacent to an activating group) is 2. The van der Waals surface area contributed by atoms with E-state index in [0.29, 0.717) is 11.8 Å². The minimum absolute atomic E-state index is 0.272. The van der Waals surface area contributed by atoms with Gasteiger partial charge in [-0.2, -0.15) is 0 Å². The van der Waals surface area contributed by atoms with Crippen LogP contribution in [-0.4, -0.2) is 42.2 Å². The topological polar surface area (TPSA) is 35.5 Å². The van der Waals surface area contributed by atoms with Gasteiger partial charge in [0.25, 0.3) is 0 Å². The lowest BCUT2D eigenvalue weighted by Gasteiger charge is -2.44. The Morgan fingerprint density at radius 1 is 1.20 bits per heavy atom. The fourth-order valence-corrected chi connectivity index (χ4v) is 3.66. The maximum absolute atomic E-state index is 9.42. The first-order valence-electron chi connectivity index (χ1n) is 7.77. The van der Waals surface area contributed by atoms with Crippen molar-refractivity contribution in [2.75, 3.05) is 20.6 Å². The van der Waals surface area contributed by atoms with Gasteiger partial charge in [0.1, 0.15) is 5.75 Å². The van der Waals surface area contributed by atoms with E-state index < -0.39 is 0 Å². The molecule has 2 rings (SSSR count). The smallest absolute Gasteiger partial charge is 0.115 e. The van der Waals surface area contributed by atoms with Crippen molar-refractivity contribution in [3.05, 3.63) is 29.8 Å². The Kier molecular flexibility index (Phi) is 5.06. The Morgan fingerprint density at radius 3 is 2.30 bits per heavy atom. The molecule has 1 fully saturated rings. The molecule has 0 aromatic heterocycles. The van der Waals surface area contributed by atoms with Crippen LogP contribution in [0.4, 0.5) is 0 Å². The van der Waals surface area contributed by atoms with E-state index in [1.54, 1.807) is 12.1 Å². The molecule has 1 unspecified atom stereocenters. The van der Waals surface area contributed by atoms with Crippen LogP contribution in [-0.2, 0) is 6.42 Å². The second kappa shape index (κ2) is 6.59. The summed E-state index contributed by atoms with van der Waals surface area (Å²) in [5.74, 6) is 0.344. The molecule has 0 saturated heterocycles. The van der Waals surface area contributed by atoms with Crippen molar-refractivity contribution < 1.29 is 5.11 Å². The predicted octanol–water partition coefficient (Wildman–Crippen LogP) is 2.79. The molecule has 1 aliphatic carbocycles. The molecule has 2 N–H and O–H groups in total. The highest BCUT2D eigenvalue weighted by Gasteiger charge is 2.42. The maximum Gasteiger partial charge on any atom is 0.115 e. The minimum Gasteiger partial charge on any atom is -0.508 e. The van der Waals surface area contributed by atoms with Gasteiger partial charge in [-0.25, -0.2) is 0 Å². The molecular formula is C17H28N2O. The summed E-state index contributed by atoms with van der Waals surface area (Å²) in [6, 6.07) is 8.12. The summed E-state index contributed by atoms with van der Waals surface area (Å²) in [6.45, 7) is 3.18. The number of rotatable bonds is 6. The number of hydrogen-bond donors (Lipinski definition) is 2. The molecule has 0 amide bonds. The second-order valence-corrected chi connectivity index (χ2v) is 6.19. The van der Waals surface area contributed by atoms with Crippen molar-refractivity contribution in [2.24, 2.45) is 0 Å². The number of hydrogen-bond acceptors (Lipinski definition) is 3. The van der Waals surface area contributed by atoms with Gasteiger partial charge in [0.05, 0.1) is 0 Å². The van der Waals surface area contributed by atoms with E-state index in [1.807, 2.05) is 12.1 Å². The van der Waals surface area contributed by atoms with Gasteiger partial charge in [-0.05, 0) is 57.6 Å². The fraction of sp³-hybridized carbons (Fsp3) is 0.647. The van der Waals surface area contributed by atoms with Crippen molar-refractivity contribution in [3.8, 4) is 5.75 Å². The first-order chi connectivity index (χ1) is 9.58. The van der Waals surface area contributed by atoms with Crippen molar-refractivity contribution in [3.63, 3.8) is 0 Å². The lowest BCUT2D eigenvalue weighted by molar-refractivity contribution is 0.105. The summed E-state index contributed by atoms with van der Waals surface area (Å²) < 4.78 is 0. The van der Waals surface area contributed by atoms with Gasteiger partial charge in [-0.3, -0.25) is 0 Å². The zero-order chi connectivity index (χ0) is 14.6. The summed E-state index contributed by atoms with van der Waals surface area (Å²) in [5, 5.41) is 13.1. The molecule has 1 aliphatic rings. The Labute approximate surface area is 123 Å². The maximum atomic E-state index is 9.42. The Bertz CT molecular complexity index is 408. The van der Waals surface area contributed by atoms with Crippen LogP contribution >= 0.6 is 0 Å². The van der Waals surface area contributed by atoms with E-state index >= 15 is 0 Å². The number of aromatic hydroxyl groups is 1. The number of phenolic OH excluding ortho intramolecular Hbond substituents is 1. The van der Waals surface area contributed by atoms with E-state index in [-0.39, 0.29) is 5.54 Å². The van der Waals surface area contributed by atoms with Crippen LogP contribution < -0.4 is 5.32 Å². The van der Waals surface area contributed by atoms with Crippen molar-refractivity contribution >= 4 is 0 Å². The van der Waals surface area contributed by atoms with E-state index in [2.05, 4.69) is 31.2 Å². The Hall–Kier alpha value is -1.06. The highest BCUT2D eigenvalue weighted by atomic mass is 16.3. The van der Waals surface area contributed by atoms with Gasteiger partial charge in [0.15, 0.2) is 0 Å². The van der Waals surface area contributed by atoms with Crippen molar-refractivity contribution in [1.29, 1.82) is 0 Å². The molecule has 1 saturated carbocycles. The van der Waals surface area contributed by atoms with Gasteiger partial charge in [0, 0.05) is 11.6 Å². The molecule has 3 nitrogen and oxygen atoms in total. The first-order valence-corrected chi connectivity index (χ1v) is 7.77. The van der Waals surface area contributed by atoms with Crippen molar-refractivity contribution in [2.45, 2.75) is 50.6 Å². The molecule has 0 radical (unpaired) electrons. The van der Waals surface area contributed by atoms with E-state index in [0.717, 1.165) is 13.0 Å². The van der Waals surface area contributed by atoms with Gasteiger partial charge >= 0.3 is 0 Å². The van der Waals surface area contributed by atoms with Crippen LogP contribution in [0.25, 0.3) is 0 Å². The Morgan fingerprint density at radius 2 is 1.80 bits per heavy atom. The molecule has 0 bridgehead atoms. The summed E-state index contributed by atoms with van der Waals surface area (Å²) in [7, 11) is 4.43. The average molecular weight is 276 g/mol. The molecule has 1 aromatic carbocycles. The summed E-state index contributed by atoms with van der Waals surface area (Å²) >= 11 is 0. The number of nitrogens with zero attached hydrogens (tertiary/aromatic N) is 1. The van der Waals surface area contributed by atoms with Gasteiger partial charge in [-0.15, -0.1) is 0 Å². The number of nitrogens with one attached hydrogen (secondary N) is 1. The fourth-order valence-electron chi connectivity index (χ4n) is 3.66. The highest BCUT2D eigenvalue weighted by Crippen LogP contribution is 2.37. The zero-order valence-corrected chi connectivity index (χ0v) is 13.0. The highest BCUT2D eigenvalue weighted by molar-refractivity contribution is 5.27. The normalized spacial score (nSPS) is 19.4. The summed E-state index contributed by atoms with van der Waals surface area (Å²) in [5.41, 5.74) is 1.57. The predicted molar refractivity (Wildman–Crippen MR) is 84.2 cm³/mol.